The number of rotatable bonds is 5. The molecule has 0 bridgehead atoms. The Morgan fingerprint density at radius 3 is 1.88 bits per heavy atom. The third-order valence-electron chi connectivity index (χ3n) is 4.65. The summed E-state index contributed by atoms with van der Waals surface area (Å²) in [6.07, 6.45) is 0. The minimum atomic E-state index is -0.216. The van der Waals surface area contributed by atoms with E-state index >= 15 is 0 Å². The summed E-state index contributed by atoms with van der Waals surface area (Å²) in [6.45, 7) is 15.0. The molecule has 0 saturated carbocycles. The zero-order chi connectivity index (χ0) is 18.6. The molecule has 0 unspecified atom stereocenters. The molecule has 0 aromatic heterocycles. The Balaban J connectivity index is 2.82. The monoisotopic (exact) mass is 334 g/mol. The number of halogens is 1. The molecule has 130 valence electrons. The number of hydrogen-bond acceptors (Lipinski definition) is 0. The van der Waals surface area contributed by atoms with E-state index in [4.69, 9.17) is 0 Å². The molecule has 0 N–H and O–H groups in total. The molecule has 2 aromatic rings. The Bertz CT molecular complexity index is 803. The molecule has 0 fully saturated rings. The summed E-state index contributed by atoms with van der Waals surface area (Å²) in [4.78, 5) is 0. The molecule has 0 atom stereocenters. The Morgan fingerprint density at radius 1 is 0.840 bits per heavy atom. The normalized spacial score (nSPS) is 13.4. The van der Waals surface area contributed by atoms with Crippen molar-refractivity contribution >= 4 is 11.1 Å². The highest BCUT2D eigenvalue weighted by atomic mass is 19.1. The minimum absolute atomic E-state index is 0.216. The van der Waals surface area contributed by atoms with Gasteiger partial charge in [0.25, 0.3) is 0 Å². The highest BCUT2D eigenvalue weighted by Gasteiger charge is 2.17. The first-order valence-electron chi connectivity index (χ1n) is 8.72. The van der Waals surface area contributed by atoms with Crippen molar-refractivity contribution in [3.8, 4) is 0 Å². The predicted octanol–water partition coefficient (Wildman–Crippen LogP) is 7.31. The highest BCUT2D eigenvalue weighted by molar-refractivity contribution is 6.00. The summed E-state index contributed by atoms with van der Waals surface area (Å²) >= 11 is 0. The van der Waals surface area contributed by atoms with Crippen LogP contribution in [-0.4, -0.2) is 0 Å². The molecule has 0 amide bonds. The van der Waals surface area contributed by atoms with Gasteiger partial charge in [0, 0.05) is 0 Å². The van der Waals surface area contributed by atoms with Gasteiger partial charge in [-0.15, -0.1) is 0 Å². The van der Waals surface area contributed by atoms with E-state index in [1.807, 2.05) is 30.3 Å². The van der Waals surface area contributed by atoms with Crippen LogP contribution in [0.25, 0.3) is 11.1 Å². The van der Waals surface area contributed by atoms with Crippen LogP contribution in [0.1, 0.15) is 45.7 Å². The van der Waals surface area contributed by atoms with Gasteiger partial charge in [-0.25, -0.2) is 4.39 Å². The molecule has 0 aliphatic rings. The molecule has 25 heavy (non-hydrogen) atoms. The van der Waals surface area contributed by atoms with E-state index in [1.54, 1.807) is 0 Å². The molecular formula is C24H27F. The van der Waals surface area contributed by atoms with Crippen molar-refractivity contribution in [1.29, 1.82) is 0 Å². The Kier molecular flexibility index (Phi) is 6.14. The van der Waals surface area contributed by atoms with Crippen molar-refractivity contribution in [3.63, 3.8) is 0 Å². The molecule has 1 heteroatoms. The molecule has 0 aliphatic carbocycles. The number of allylic oxidation sites excluding steroid dienone is 5. The van der Waals surface area contributed by atoms with Crippen LogP contribution in [-0.2, 0) is 0 Å². The SMILES string of the molecule is C=C(C)C(/C(=C(\C)c1ccc(F)cc1)c1ccccc1)=C(/C)C(C)C. The van der Waals surface area contributed by atoms with Crippen LogP contribution >= 0.6 is 0 Å². The summed E-state index contributed by atoms with van der Waals surface area (Å²) < 4.78 is 13.4. The van der Waals surface area contributed by atoms with Gasteiger partial charge in [-0.3, -0.25) is 0 Å². The zero-order valence-electron chi connectivity index (χ0n) is 15.9. The molecule has 0 heterocycles. The van der Waals surface area contributed by atoms with Crippen molar-refractivity contribution in [3.05, 3.63) is 94.8 Å². The average molecular weight is 334 g/mol. The topological polar surface area (TPSA) is 0 Å². The van der Waals surface area contributed by atoms with Gasteiger partial charge in [0.15, 0.2) is 0 Å². The van der Waals surface area contributed by atoms with Gasteiger partial charge in [-0.05, 0) is 66.7 Å². The fourth-order valence-electron chi connectivity index (χ4n) is 3.03. The van der Waals surface area contributed by atoms with Gasteiger partial charge in [0.2, 0.25) is 0 Å². The van der Waals surface area contributed by atoms with Crippen LogP contribution in [0.4, 0.5) is 4.39 Å². The highest BCUT2D eigenvalue weighted by Crippen LogP contribution is 2.38. The summed E-state index contributed by atoms with van der Waals surface area (Å²) in [5, 5.41) is 0. The molecular weight excluding hydrogens is 307 g/mol. The number of hydrogen-bond donors (Lipinski definition) is 0. The molecule has 0 spiro atoms. The maximum absolute atomic E-state index is 13.4. The van der Waals surface area contributed by atoms with E-state index in [-0.39, 0.29) is 5.82 Å². The summed E-state index contributed by atoms with van der Waals surface area (Å²) in [5.74, 6) is 0.207. The minimum Gasteiger partial charge on any atom is -0.207 e. The predicted molar refractivity (Wildman–Crippen MR) is 108 cm³/mol. The van der Waals surface area contributed by atoms with Gasteiger partial charge < -0.3 is 0 Å². The summed E-state index contributed by atoms with van der Waals surface area (Å²) in [5.41, 5.74) is 8.04. The summed E-state index contributed by atoms with van der Waals surface area (Å²) in [7, 11) is 0. The van der Waals surface area contributed by atoms with E-state index in [1.165, 1.54) is 28.9 Å². The van der Waals surface area contributed by atoms with Crippen LogP contribution in [0.5, 0.6) is 0 Å². The van der Waals surface area contributed by atoms with E-state index in [0.717, 1.165) is 22.3 Å². The Morgan fingerprint density at radius 2 is 1.40 bits per heavy atom. The first kappa shape index (κ1) is 18.9. The summed E-state index contributed by atoms with van der Waals surface area (Å²) in [6, 6.07) is 17.1. The van der Waals surface area contributed by atoms with E-state index in [0.29, 0.717) is 5.92 Å². The fourth-order valence-corrected chi connectivity index (χ4v) is 3.03. The van der Waals surface area contributed by atoms with E-state index in [9.17, 15) is 4.39 Å². The van der Waals surface area contributed by atoms with Gasteiger partial charge in [-0.2, -0.15) is 0 Å². The molecule has 2 rings (SSSR count). The molecule has 0 nitrogen and oxygen atoms in total. The lowest BCUT2D eigenvalue weighted by Gasteiger charge is -2.22. The second kappa shape index (κ2) is 8.11. The van der Waals surface area contributed by atoms with Crippen molar-refractivity contribution < 1.29 is 4.39 Å². The maximum Gasteiger partial charge on any atom is 0.123 e. The van der Waals surface area contributed by atoms with Crippen LogP contribution in [0, 0.1) is 11.7 Å². The second-order valence-corrected chi connectivity index (χ2v) is 6.87. The molecule has 0 radical (unpaired) electrons. The Hall–Kier alpha value is -2.41. The smallest absolute Gasteiger partial charge is 0.123 e. The Labute approximate surface area is 151 Å². The first-order chi connectivity index (χ1) is 11.8. The van der Waals surface area contributed by atoms with Crippen LogP contribution < -0.4 is 0 Å². The fraction of sp³-hybridized carbons (Fsp3) is 0.250. The van der Waals surface area contributed by atoms with Crippen molar-refractivity contribution in [2.24, 2.45) is 5.92 Å². The van der Waals surface area contributed by atoms with Crippen molar-refractivity contribution in [2.75, 3.05) is 0 Å². The maximum atomic E-state index is 13.4. The molecule has 0 saturated heterocycles. The lowest BCUT2D eigenvalue weighted by atomic mass is 9.82. The van der Waals surface area contributed by atoms with Crippen molar-refractivity contribution in [2.45, 2.75) is 34.6 Å². The van der Waals surface area contributed by atoms with Crippen LogP contribution in [0.15, 0.2) is 77.9 Å². The quantitative estimate of drug-likeness (QED) is 0.397. The van der Waals surface area contributed by atoms with E-state index < -0.39 is 0 Å². The van der Waals surface area contributed by atoms with E-state index in [2.05, 4.69) is 53.3 Å². The van der Waals surface area contributed by atoms with Gasteiger partial charge in [-0.1, -0.05) is 74.0 Å². The van der Waals surface area contributed by atoms with Crippen molar-refractivity contribution in [1.82, 2.24) is 0 Å². The average Bonchev–Trinajstić information content (AvgIpc) is 2.59. The molecule has 2 aromatic carbocycles. The second-order valence-electron chi connectivity index (χ2n) is 6.87. The number of benzene rings is 2. The third-order valence-corrected chi connectivity index (χ3v) is 4.65. The van der Waals surface area contributed by atoms with Gasteiger partial charge in [0.1, 0.15) is 5.82 Å². The molecule has 0 aliphatic heterocycles. The van der Waals surface area contributed by atoms with Gasteiger partial charge >= 0.3 is 0 Å². The lowest BCUT2D eigenvalue weighted by Crippen LogP contribution is -2.02. The van der Waals surface area contributed by atoms with Gasteiger partial charge in [0.05, 0.1) is 0 Å². The largest absolute Gasteiger partial charge is 0.207 e. The first-order valence-corrected chi connectivity index (χ1v) is 8.72. The lowest BCUT2D eigenvalue weighted by molar-refractivity contribution is 0.627. The van der Waals surface area contributed by atoms with Crippen LogP contribution in [0.3, 0.4) is 0 Å². The van der Waals surface area contributed by atoms with Crippen LogP contribution in [0.2, 0.25) is 0 Å². The zero-order valence-corrected chi connectivity index (χ0v) is 15.9. The standard InChI is InChI=1S/C24H27F/c1-16(2)18(5)23(17(3)4)24(21-10-8-7-9-11-21)19(6)20-12-14-22(25)15-13-20/h7-16H,3H2,1-2,4-6H3/b23-18+,24-19+. The third kappa shape index (κ3) is 4.36.